The first-order valence-electron chi connectivity index (χ1n) is 38.1. The molecule has 0 saturated heterocycles. The lowest BCUT2D eigenvalue weighted by Crippen LogP contribution is -2.67. The summed E-state index contributed by atoms with van der Waals surface area (Å²) in [5.74, 6) is -19.1. The van der Waals surface area contributed by atoms with Gasteiger partial charge in [0.1, 0.15) is 51.2 Å². The molecule has 7 aromatic carbocycles. The van der Waals surface area contributed by atoms with Crippen molar-refractivity contribution in [2.24, 2.45) is 29.6 Å². The molecule has 0 aromatic heterocycles. The quantitative estimate of drug-likeness (QED) is 0.108. The molecule has 32 rings (SSSR count). The normalized spacial score (nSPS) is 33.9. The van der Waals surface area contributed by atoms with E-state index in [1.54, 1.807) is 30.4 Å². The molecule has 14 N–H and O–H groups in total. The number of hydrogen-bond donors (Lipinski definition) is 14. The van der Waals surface area contributed by atoms with Crippen molar-refractivity contribution >= 4 is 165 Å². The van der Waals surface area contributed by atoms with Gasteiger partial charge < -0.3 is 71.5 Å². The smallest absolute Gasteiger partial charge is 0.337 e. The maximum absolute atomic E-state index is 17.0. The van der Waals surface area contributed by atoms with E-state index in [0.29, 0.717) is 209 Å². The van der Waals surface area contributed by atoms with E-state index < -0.39 is 123 Å². The van der Waals surface area contributed by atoms with Crippen molar-refractivity contribution in [2.75, 3.05) is 0 Å². The number of carboxylic acids is 5. The first kappa shape index (κ1) is 56.6. The van der Waals surface area contributed by atoms with Gasteiger partial charge in [-0.3, -0.25) is 14.4 Å². The maximum Gasteiger partial charge on any atom is 0.337 e. The van der Waals surface area contributed by atoms with Crippen LogP contribution in [-0.4, -0.2) is 113 Å². The lowest BCUT2D eigenvalue weighted by atomic mass is 9.37. The van der Waals surface area contributed by atoms with E-state index in [4.69, 9.17) is 0 Å². The van der Waals surface area contributed by atoms with Crippen LogP contribution in [0, 0.1) is 29.6 Å². The van der Waals surface area contributed by atoms with Gasteiger partial charge in [-0.1, -0.05) is 48.6 Å². The average molecular weight is 1470 g/mol. The van der Waals surface area contributed by atoms with E-state index in [0.717, 1.165) is 0 Å². The van der Waals surface area contributed by atoms with Crippen LogP contribution in [0.4, 0.5) is 0 Å². The van der Waals surface area contributed by atoms with Gasteiger partial charge in [0.25, 0.3) is 0 Å². The zero-order valence-corrected chi connectivity index (χ0v) is 57.3. The van der Waals surface area contributed by atoms with Gasteiger partial charge >= 0.3 is 29.8 Å². The molecule has 530 valence electrons. The second kappa shape index (κ2) is 15.3. The Hall–Kier alpha value is -12.6. The molecule has 19 heteroatoms. The van der Waals surface area contributed by atoms with E-state index >= 15 is 30.3 Å². The molecule has 14 atom stereocenters. The summed E-state index contributed by atoms with van der Waals surface area (Å²) in [6.07, 6.45) is 16.8. The summed E-state index contributed by atoms with van der Waals surface area (Å²) in [5, 5.41) is 198. The molecule has 0 amide bonds. The number of allylic oxidation sites excluding steroid dienone is 6. The average Bonchev–Trinajstić information content (AvgIpc) is 0.599. The monoisotopic (exact) mass is 1460 g/mol. The predicted octanol–water partition coefficient (Wildman–Crippen LogP) is 4.06. The number of aliphatic carboxylic acids is 4. The van der Waals surface area contributed by atoms with Gasteiger partial charge in [-0.15, -0.1) is 0 Å². The fourth-order valence-electron chi connectivity index (χ4n) is 30.2. The molecule has 0 fully saturated rings. The van der Waals surface area contributed by atoms with Gasteiger partial charge in [0, 0.05) is 119 Å². The summed E-state index contributed by atoms with van der Waals surface area (Å²) < 4.78 is 0. The zero-order valence-electron chi connectivity index (χ0n) is 57.3. The Balaban J connectivity index is 0.902. The lowest BCUT2D eigenvalue weighted by molar-refractivity contribution is -0.143. The fraction of sp³-hybridized carbons (Fsp3) is 0.194. The lowest BCUT2D eigenvalue weighted by Gasteiger charge is -2.67. The number of rotatable bonds is 5. The SMILES string of the molecule is O=C(O)C1=CC2=CC(C(=O)O)c3c4c5c6c7c3=CCC3=C7C7C8=C9C3=CC(C(=O)O)C3C%10=CCC(O)=c%11cc%12c(C(=O)O)c%13c(O)cc%14c%15c%13c%13c%12c(c%11%10)C(=C%10C8=c8c%11c%12c%16c(c%17c%18c%19c%16c8C7(O)C6=C%19C6C=5C5=c7c(c(O)c8c%16c7C6(O)C%18=C(CC=%17)C%16=CC(C(=O)O)C=8)C=C1C5(O)C24)C(O)C=C%12C(=C%15C%11(O)C%10%13)CC=%14)C93O. The van der Waals surface area contributed by atoms with E-state index in [9.17, 15) is 65.1 Å². The molecule has 0 bridgehead atoms. The minimum absolute atomic E-state index is 0.00127. The van der Waals surface area contributed by atoms with Crippen LogP contribution >= 0.6 is 0 Å². The Bertz CT molecular complexity index is 8270. The molecule has 112 heavy (non-hydrogen) atoms. The maximum atomic E-state index is 17.0. The highest BCUT2D eigenvalue weighted by atomic mass is 16.4. The Morgan fingerprint density at radius 2 is 1.15 bits per heavy atom. The summed E-state index contributed by atoms with van der Waals surface area (Å²) in [5.41, 5.74) is 0.754. The van der Waals surface area contributed by atoms with Crippen LogP contribution < -0.4 is 41.7 Å². The number of fused-ring (bicyclic) bond motifs is 6. The Labute approximate surface area is 622 Å². The topological polar surface area (TPSA) is 369 Å². The van der Waals surface area contributed by atoms with Gasteiger partial charge in [-0.2, -0.15) is 0 Å². The van der Waals surface area contributed by atoms with Crippen molar-refractivity contribution in [1.82, 2.24) is 0 Å². The van der Waals surface area contributed by atoms with Crippen molar-refractivity contribution < 1.29 is 95.5 Å². The molecular formula is C93H44O19. The van der Waals surface area contributed by atoms with Crippen molar-refractivity contribution in [3.8, 4) is 11.5 Å². The van der Waals surface area contributed by atoms with Gasteiger partial charge in [-0.25, -0.2) is 9.59 Å². The van der Waals surface area contributed by atoms with Crippen LogP contribution in [0.25, 0.3) is 135 Å². The van der Waals surface area contributed by atoms with E-state index in [2.05, 4.69) is 0 Å². The van der Waals surface area contributed by atoms with E-state index in [1.165, 1.54) is 30.4 Å². The number of aromatic hydroxyl groups is 2. The standard InChI is InChI=1S/C93H44O19/c94-38-8-7-26-43-31(38)15-32-47-59(43)78-68-58-64-73-29(14-36(87(104)105)70(26)90(73,78)109)21-3-5-24-42-35(86(102)103)10-19-9-30(85(100)101)37-16-34-52-74-44-27(11-20(84(98)99)12-33(44)83(34)97)23-4-6-25-45-40(96)17-28-22-2-1-18-13-39(95)53(51(32)88(106)107)54-41(18)71(22)91(110,79(68)62(47)54)76-50(28)55(45)63-56-49(25)72(23)92(74,111)82-65(56)80-61(57-60(42)69(19)89(37,108)77(52)66(57)82)46(24)48(21)75(64)93(80,112)81(63)67(58)76/h1,5-7,9-17,20,35-36,40,69-70,75,79,82,94-97,108-112H,2-4,8H2,(H,98,99)(H,100,101)(H,102,103)(H,104,105)(H,106,107). The number of hydrogen-bond acceptors (Lipinski definition) is 14. The van der Waals surface area contributed by atoms with Crippen LogP contribution in [0.2, 0.25) is 0 Å². The molecule has 0 heterocycles. The molecule has 7 aromatic rings. The third kappa shape index (κ3) is 4.48. The highest BCUT2D eigenvalue weighted by Crippen LogP contribution is 2.83. The molecule has 0 aliphatic heterocycles. The van der Waals surface area contributed by atoms with Crippen molar-refractivity contribution in [1.29, 1.82) is 0 Å². The second-order valence-corrected chi connectivity index (χ2v) is 35.5. The highest BCUT2D eigenvalue weighted by molar-refractivity contribution is 6.35. The van der Waals surface area contributed by atoms with Crippen molar-refractivity contribution in [3.05, 3.63) is 246 Å². The minimum Gasteiger partial charge on any atom is -0.511 e. The minimum atomic E-state index is -2.47. The summed E-state index contributed by atoms with van der Waals surface area (Å²) in [6.45, 7) is 0. The van der Waals surface area contributed by atoms with E-state index in [1.807, 2.05) is 18.2 Å². The van der Waals surface area contributed by atoms with Crippen LogP contribution in [0.3, 0.4) is 0 Å². The summed E-state index contributed by atoms with van der Waals surface area (Å²) in [6, 6.07) is 3.13. The molecule has 14 unspecified atom stereocenters. The predicted molar refractivity (Wildman–Crippen MR) is 399 cm³/mol. The Kier molecular flexibility index (Phi) is 7.71. The number of carboxylic acid groups (broad SMARTS) is 5. The molecule has 0 saturated carbocycles. The number of aromatic carboxylic acids is 1. The van der Waals surface area contributed by atoms with Gasteiger partial charge in [0.15, 0.2) is 0 Å². The molecule has 19 nitrogen and oxygen atoms in total. The number of aliphatic hydroxyl groups excluding tert-OH is 2. The first-order chi connectivity index (χ1) is 53.9. The van der Waals surface area contributed by atoms with Crippen molar-refractivity contribution in [3.63, 3.8) is 0 Å². The van der Waals surface area contributed by atoms with Crippen molar-refractivity contribution in [2.45, 2.75) is 77.5 Å². The van der Waals surface area contributed by atoms with Crippen LogP contribution in [0.1, 0.15) is 154 Å². The third-order valence-electron chi connectivity index (χ3n) is 32.5. The van der Waals surface area contributed by atoms with Crippen LogP contribution in [-0.2, 0) is 36.0 Å². The van der Waals surface area contributed by atoms with Gasteiger partial charge in [0.05, 0.1) is 29.1 Å². The molecule has 0 spiro atoms. The number of phenols is 2. The fourth-order valence-corrected chi connectivity index (χ4v) is 30.2. The van der Waals surface area contributed by atoms with Gasteiger partial charge in [0.2, 0.25) is 0 Å². The first-order valence-corrected chi connectivity index (χ1v) is 38.1. The van der Waals surface area contributed by atoms with Crippen LogP contribution in [0.15, 0.2) is 104 Å². The zero-order chi connectivity index (χ0) is 74.5. The Morgan fingerprint density at radius 1 is 0.446 bits per heavy atom. The number of aliphatic hydroxyl groups is 7. The van der Waals surface area contributed by atoms with E-state index in [-0.39, 0.29) is 119 Å². The molecular weight excluding hydrogens is 1420 g/mol. The van der Waals surface area contributed by atoms with Crippen LogP contribution in [0.5, 0.6) is 11.5 Å². The number of carbonyl (C=O) groups is 5. The van der Waals surface area contributed by atoms with Gasteiger partial charge in [-0.05, 0) is 253 Å². The third-order valence-corrected chi connectivity index (χ3v) is 32.5. The summed E-state index contributed by atoms with van der Waals surface area (Å²) in [4.78, 5) is 73.2. The summed E-state index contributed by atoms with van der Waals surface area (Å²) >= 11 is 0. The highest BCUT2D eigenvalue weighted by Gasteiger charge is 2.77. The second-order valence-electron chi connectivity index (χ2n) is 35.5. The molecule has 25 aliphatic carbocycles. The number of phenolic OH excluding ortho intramolecular Hbond substituents is 2. The Morgan fingerprint density at radius 3 is 1.92 bits per heavy atom. The molecule has 0 radical (unpaired) electrons. The summed E-state index contributed by atoms with van der Waals surface area (Å²) in [7, 11) is 0. The largest absolute Gasteiger partial charge is 0.511 e. The number of benzene rings is 7. The molecule has 25 aliphatic rings.